The number of carbonyl (C=O) groups excluding carboxylic acids is 2. The van der Waals surface area contributed by atoms with Crippen LogP contribution in [0.1, 0.15) is 50.3 Å². The Kier molecular flexibility index (Phi) is 12.1. The molecule has 3 fully saturated rings. The lowest BCUT2D eigenvalue weighted by atomic mass is 10.0. The van der Waals surface area contributed by atoms with Gasteiger partial charge in [0.15, 0.2) is 0 Å². The molecule has 0 spiro atoms. The summed E-state index contributed by atoms with van der Waals surface area (Å²) >= 11 is 1.80. The van der Waals surface area contributed by atoms with Crippen molar-refractivity contribution in [2.24, 2.45) is 0 Å². The first kappa shape index (κ1) is 36.5. The summed E-state index contributed by atoms with van der Waals surface area (Å²) in [6, 6.07) is 0.115. The Morgan fingerprint density at radius 3 is 2.59 bits per heavy atom. The zero-order chi connectivity index (χ0) is 33.7. The number of H-pyrrole nitrogens is 1. The lowest BCUT2D eigenvalue weighted by molar-refractivity contribution is -0.120. The Balaban J connectivity index is 1.21. The van der Waals surface area contributed by atoms with E-state index in [0.717, 1.165) is 29.4 Å². The number of carbonyl (C=O) groups is 2. The number of hydrogen-bond acceptors (Lipinski definition) is 12. The maximum atomic E-state index is 12.4. The maximum absolute atomic E-state index is 12.4. The average molecular weight is 732 g/mol. The number of thioether (sulfide) groups is 1. The van der Waals surface area contributed by atoms with Crippen LogP contribution >= 0.6 is 35.2 Å². The first-order chi connectivity index (χ1) is 21.5. The fourth-order valence-electron chi connectivity index (χ4n) is 4.93. The van der Waals surface area contributed by atoms with Gasteiger partial charge in [0, 0.05) is 23.6 Å². The Labute approximate surface area is 264 Å². The molecule has 1 aromatic rings. The summed E-state index contributed by atoms with van der Waals surface area (Å²) in [5.41, 5.74) is -1.71. The van der Waals surface area contributed by atoms with Gasteiger partial charge in [-0.2, -0.15) is 20.4 Å². The van der Waals surface area contributed by atoms with Crippen LogP contribution in [0.2, 0.25) is 0 Å². The summed E-state index contributed by atoms with van der Waals surface area (Å²) in [4.78, 5) is 86.4. The summed E-state index contributed by atoms with van der Waals surface area (Å²) in [7, 11) is -16.6. The van der Waals surface area contributed by atoms with Gasteiger partial charge in [-0.3, -0.25) is 23.7 Å². The number of nitrogens with zero attached hydrogens (tertiary/aromatic N) is 1. The van der Waals surface area contributed by atoms with Crippen molar-refractivity contribution in [3.05, 3.63) is 32.6 Å². The Hall–Kier alpha value is -2.30. The van der Waals surface area contributed by atoms with E-state index in [1.807, 2.05) is 0 Å². The number of phosphoric acid groups is 3. The van der Waals surface area contributed by atoms with Crippen molar-refractivity contribution in [1.29, 1.82) is 0 Å². The molecule has 4 rings (SSSR count). The van der Waals surface area contributed by atoms with E-state index in [9.17, 15) is 42.7 Å². The number of amides is 3. The lowest BCUT2D eigenvalue weighted by Crippen LogP contribution is -2.36. The summed E-state index contributed by atoms with van der Waals surface area (Å²) in [5.74, 6) is 5.88. The third-order valence-electron chi connectivity index (χ3n) is 6.88. The molecule has 0 saturated carbocycles. The van der Waals surface area contributed by atoms with E-state index < -0.39 is 53.7 Å². The monoisotopic (exact) mass is 731 g/mol. The predicted octanol–water partition coefficient (Wildman–Crippen LogP) is -0.249. The normalized spacial score (nSPS) is 26.6. The SMILES string of the molecule is O=C(CCCC[C@@H]1SC[C@@H]2NC(=O)N[C@@H]21)NCC#Cc1cn([C@H]2CC[C@@H](COP(=O)(O)OP(=O)(O)OP(=O)(O)O)O2)c(=O)[nH]c1=O. The molecular formula is C22H32N5O15P3S. The van der Waals surface area contributed by atoms with Gasteiger partial charge in [-0.05, 0) is 25.7 Å². The van der Waals surface area contributed by atoms with Gasteiger partial charge in [-0.15, -0.1) is 0 Å². The quantitative estimate of drug-likeness (QED) is 0.0530. The van der Waals surface area contributed by atoms with Crippen molar-refractivity contribution in [2.45, 2.75) is 68.2 Å². The van der Waals surface area contributed by atoms with E-state index in [-0.39, 0.29) is 55.4 Å². The highest BCUT2D eigenvalue weighted by atomic mass is 32.2. The number of unbranched alkanes of at least 4 members (excludes halogenated alkanes) is 1. The Morgan fingerprint density at radius 2 is 1.85 bits per heavy atom. The van der Waals surface area contributed by atoms with Gasteiger partial charge in [0.1, 0.15) is 11.8 Å². The molecule has 1 aromatic heterocycles. The van der Waals surface area contributed by atoms with E-state index >= 15 is 0 Å². The highest BCUT2D eigenvalue weighted by molar-refractivity contribution is 8.00. The topological polar surface area (TPSA) is 294 Å². The Bertz CT molecular complexity index is 1640. The van der Waals surface area contributed by atoms with E-state index in [4.69, 9.17) is 14.5 Å². The van der Waals surface area contributed by atoms with Crippen molar-refractivity contribution >= 4 is 47.2 Å². The number of aromatic nitrogens is 2. The Morgan fingerprint density at radius 1 is 1.09 bits per heavy atom. The van der Waals surface area contributed by atoms with Gasteiger partial charge in [0.25, 0.3) is 5.56 Å². The molecular weight excluding hydrogens is 699 g/mol. The molecule has 7 atom stereocenters. The number of aromatic amines is 1. The van der Waals surface area contributed by atoms with Crippen molar-refractivity contribution in [3.63, 3.8) is 0 Å². The highest BCUT2D eigenvalue weighted by Gasteiger charge is 2.43. The van der Waals surface area contributed by atoms with Gasteiger partial charge < -0.3 is 40.3 Å². The molecule has 0 aliphatic carbocycles. The van der Waals surface area contributed by atoms with Crippen LogP contribution in [0.15, 0.2) is 15.8 Å². The molecule has 8 N–H and O–H groups in total. The number of fused-ring (bicyclic) bond motifs is 1. The fraction of sp³-hybridized carbons (Fsp3) is 0.636. The van der Waals surface area contributed by atoms with Crippen LogP contribution in [-0.2, 0) is 36.4 Å². The molecule has 3 amide bonds. The standard InChI is InChI=1S/C22H32N5O15P3S/c28-17(6-2-1-5-16-19-15(12-46-16)24-21(30)25-19)23-9-3-4-13-10-27(22(31)26-20(13)29)18-8-7-14(40-18)11-39-44(35,36)42-45(37,38)41-43(32,33)34/h10,14-16,18-19H,1-2,5-9,11-12H2,(H,23,28)(H,35,36)(H,37,38)(H2,24,25,30)(H,26,29,31)(H2,32,33,34)/t14-,15-,16-,18+,19-/m0/s1. The molecule has 0 bridgehead atoms. The van der Waals surface area contributed by atoms with E-state index in [1.54, 1.807) is 11.8 Å². The zero-order valence-corrected chi connectivity index (χ0v) is 27.3. The molecule has 20 nitrogen and oxygen atoms in total. The smallest absolute Gasteiger partial charge is 0.352 e. The van der Waals surface area contributed by atoms with E-state index in [1.165, 1.54) is 0 Å². The molecule has 0 aromatic carbocycles. The lowest BCUT2D eigenvalue weighted by Gasteiger charge is -2.19. The fourth-order valence-corrected chi connectivity index (χ4v) is 9.52. The second-order valence-electron chi connectivity index (χ2n) is 10.3. The molecule has 256 valence electrons. The van der Waals surface area contributed by atoms with Crippen molar-refractivity contribution < 1.29 is 60.7 Å². The van der Waals surface area contributed by atoms with Gasteiger partial charge >= 0.3 is 35.2 Å². The molecule has 2 unspecified atom stereocenters. The number of hydrogen-bond donors (Lipinski definition) is 8. The first-order valence-electron chi connectivity index (χ1n) is 13.7. The average Bonchev–Trinajstić information content (AvgIpc) is 3.63. The maximum Gasteiger partial charge on any atom is 0.490 e. The van der Waals surface area contributed by atoms with Crippen LogP contribution in [-0.4, -0.2) is 83.4 Å². The van der Waals surface area contributed by atoms with Crippen LogP contribution in [0.3, 0.4) is 0 Å². The highest BCUT2D eigenvalue weighted by Crippen LogP contribution is 2.66. The summed E-state index contributed by atoms with van der Waals surface area (Å²) in [6.07, 6.45) is 2.21. The summed E-state index contributed by atoms with van der Waals surface area (Å²) < 4.78 is 52.6. The van der Waals surface area contributed by atoms with Crippen LogP contribution in [0, 0.1) is 11.8 Å². The summed E-state index contributed by atoms with van der Waals surface area (Å²) in [5, 5.41) is 8.77. The van der Waals surface area contributed by atoms with E-state index in [2.05, 4.69) is 45.9 Å². The molecule has 3 saturated heterocycles. The molecule has 3 aliphatic rings. The van der Waals surface area contributed by atoms with Crippen LogP contribution in [0.4, 0.5) is 4.79 Å². The van der Waals surface area contributed by atoms with E-state index in [0.29, 0.717) is 11.7 Å². The number of ether oxygens (including phenoxy) is 1. The van der Waals surface area contributed by atoms with Crippen molar-refractivity contribution in [1.82, 2.24) is 25.5 Å². The van der Waals surface area contributed by atoms with Gasteiger partial charge in [0.2, 0.25) is 5.91 Å². The third kappa shape index (κ3) is 10.9. The number of nitrogens with one attached hydrogen (secondary N) is 4. The molecule has 24 heteroatoms. The minimum atomic E-state index is -5.68. The predicted molar refractivity (Wildman–Crippen MR) is 158 cm³/mol. The molecule has 46 heavy (non-hydrogen) atoms. The number of phosphoric ester groups is 1. The largest absolute Gasteiger partial charge is 0.490 e. The number of rotatable bonds is 14. The summed E-state index contributed by atoms with van der Waals surface area (Å²) in [6.45, 7) is -0.749. The van der Waals surface area contributed by atoms with Gasteiger partial charge in [0.05, 0.1) is 31.3 Å². The van der Waals surface area contributed by atoms with Crippen LogP contribution in [0.5, 0.6) is 0 Å². The first-order valence-corrected chi connectivity index (χ1v) is 19.3. The van der Waals surface area contributed by atoms with Crippen LogP contribution < -0.4 is 27.2 Å². The third-order valence-corrected chi connectivity index (χ3v) is 12.2. The molecule has 4 heterocycles. The molecule has 3 aliphatic heterocycles. The van der Waals surface area contributed by atoms with Crippen molar-refractivity contribution in [3.8, 4) is 11.8 Å². The minimum absolute atomic E-state index is 0.0556. The van der Waals surface area contributed by atoms with Crippen molar-refractivity contribution in [2.75, 3.05) is 18.9 Å². The minimum Gasteiger partial charge on any atom is -0.352 e. The van der Waals surface area contributed by atoms with Crippen LogP contribution in [0.25, 0.3) is 0 Å². The second kappa shape index (κ2) is 15.3. The molecule has 0 radical (unpaired) electrons. The number of urea groups is 1. The van der Waals surface area contributed by atoms with Gasteiger partial charge in [-0.25, -0.2) is 23.3 Å². The van der Waals surface area contributed by atoms with Gasteiger partial charge in [-0.1, -0.05) is 18.3 Å². The second-order valence-corrected chi connectivity index (χ2v) is 16.0. The zero-order valence-electron chi connectivity index (χ0n) is 23.8.